The minimum Gasteiger partial charge on any atom is -0.479 e. The van der Waals surface area contributed by atoms with Crippen molar-refractivity contribution in [2.45, 2.75) is 70.3 Å². The first-order chi connectivity index (χ1) is 14.3. The van der Waals surface area contributed by atoms with Crippen molar-refractivity contribution in [2.24, 2.45) is 11.7 Å². The molecule has 0 aliphatic heterocycles. The Morgan fingerprint density at radius 2 is 2.03 bits per heavy atom. The van der Waals surface area contributed by atoms with Gasteiger partial charge in [0.05, 0.1) is 12.7 Å². The SMILES string of the molecule is CC(C)C[C@H](N)[C@](O)(Cc1nccc2c1CCC(OCc1ccccc1)C2)C(=O)O. The van der Waals surface area contributed by atoms with E-state index in [0.717, 1.165) is 36.0 Å². The van der Waals surface area contributed by atoms with E-state index < -0.39 is 17.6 Å². The summed E-state index contributed by atoms with van der Waals surface area (Å²) in [5.41, 5.74) is 7.98. The fourth-order valence-corrected chi connectivity index (χ4v) is 4.14. The normalized spacial score (nSPS) is 19.2. The van der Waals surface area contributed by atoms with Crippen molar-refractivity contribution in [3.63, 3.8) is 0 Å². The average molecular weight is 413 g/mol. The third-order valence-corrected chi connectivity index (χ3v) is 5.88. The number of ether oxygens (including phenoxy) is 1. The van der Waals surface area contributed by atoms with Crippen molar-refractivity contribution in [1.82, 2.24) is 4.98 Å². The predicted octanol–water partition coefficient (Wildman–Crippen LogP) is 2.89. The molecule has 3 rings (SSSR count). The fraction of sp³-hybridized carbons (Fsp3) is 0.500. The molecule has 6 heteroatoms. The van der Waals surface area contributed by atoms with Crippen LogP contribution in [0, 0.1) is 5.92 Å². The van der Waals surface area contributed by atoms with E-state index in [2.05, 4.69) is 4.98 Å². The largest absolute Gasteiger partial charge is 0.479 e. The van der Waals surface area contributed by atoms with Crippen molar-refractivity contribution in [3.05, 3.63) is 65.0 Å². The topological polar surface area (TPSA) is 106 Å². The Hall–Kier alpha value is -2.28. The zero-order chi connectivity index (χ0) is 21.7. The van der Waals surface area contributed by atoms with Gasteiger partial charge in [0.15, 0.2) is 5.60 Å². The Morgan fingerprint density at radius 1 is 1.30 bits per heavy atom. The van der Waals surface area contributed by atoms with E-state index in [4.69, 9.17) is 10.5 Å². The van der Waals surface area contributed by atoms with Crippen LogP contribution in [0.5, 0.6) is 0 Å². The first kappa shape index (κ1) is 22.4. The van der Waals surface area contributed by atoms with Gasteiger partial charge in [0.2, 0.25) is 0 Å². The molecule has 1 heterocycles. The number of aromatic nitrogens is 1. The number of aliphatic carboxylic acids is 1. The summed E-state index contributed by atoms with van der Waals surface area (Å²) >= 11 is 0. The zero-order valence-electron chi connectivity index (χ0n) is 17.8. The summed E-state index contributed by atoms with van der Waals surface area (Å²) in [6.45, 7) is 4.49. The molecular formula is C24H32N2O4. The van der Waals surface area contributed by atoms with Crippen LogP contribution < -0.4 is 5.73 Å². The zero-order valence-corrected chi connectivity index (χ0v) is 17.8. The van der Waals surface area contributed by atoms with Crippen LogP contribution >= 0.6 is 0 Å². The molecule has 3 atom stereocenters. The number of hydrogen-bond donors (Lipinski definition) is 3. The predicted molar refractivity (Wildman–Crippen MR) is 115 cm³/mol. The van der Waals surface area contributed by atoms with Gasteiger partial charge in [-0.3, -0.25) is 4.98 Å². The van der Waals surface area contributed by atoms with E-state index in [1.54, 1.807) is 6.20 Å². The van der Waals surface area contributed by atoms with Crippen LogP contribution in [0.2, 0.25) is 0 Å². The van der Waals surface area contributed by atoms with E-state index in [9.17, 15) is 15.0 Å². The van der Waals surface area contributed by atoms with E-state index in [1.165, 1.54) is 0 Å². The third kappa shape index (κ3) is 5.25. The molecule has 4 N–H and O–H groups in total. The summed E-state index contributed by atoms with van der Waals surface area (Å²) in [6, 6.07) is 11.2. The number of hydrogen-bond acceptors (Lipinski definition) is 5. The van der Waals surface area contributed by atoms with Gasteiger partial charge < -0.3 is 20.7 Å². The van der Waals surface area contributed by atoms with Crippen molar-refractivity contribution < 1.29 is 19.7 Å². The molecule has 0 saturated carbocycles. The summed E-state index contributed by atoms with van der Waals surface area (Å²) in [4.78, 5) is 16.3. The summed E-state index contributed by atoms with van der Waals surface area (Å²) in [7, 11) is 0. The van der Waals surface area contributed by atoms with Gasteiger partial charge in [-0.25, -0.2) is 4.79 Å². The molecule has 2 aromatic rings. The average Bonchev–Trinajstić information content (AvgIpc) is 2.72. The third-order valence-electron chi connectivity index (χ3n) is 5.88. The maximum absolute atomic E-state index is 11.9. The second kappa shape index (κ2) is 9.69. The van der Waals surface area contributed by atoms with E-state index in [0.29, 0.717) is 18.7 Å². The maximum atomic E-state index is 11.9. The van der Waals surface area contributed by atoms with E-state index >= 15 is 0 Å². The highest BCUT2D eigenvalue weighted by molar-refractivity contribution is 5.78. The number of rotatable bonds is 9. The number of nitrogens with zero attached hydrogens (tertiary/aromatic N) is 1. The number of nitrogens with two attached hydrogens (primary N) is 1. The molecule has 30 heavy (non-hydrogen) atoms. The lowest BCUT2D eigenvalue weighted by molar-refractivity contribution is -0.161. The number of carbonyl (C=O) groups is 1. The van der Waals surface area contributed by atoms with Gasteiger partial charge >= 0.3 is 5.97 Å². The number of carboxylic acids is 1. The molecule has 1 unspecified atom stereocenters. The first-order valence-electron chi connectivity index (χ1n) is 10.6. The molecule has 0 saturated heterocycles. The van der Waals surface area contributed by atoms with Crippen LogP contribution in [0.4, 0.5) is 0 Å². The molecule has 1 aromatic carbocycles. The number of pyridine rings is 1. The Kier molecular flexibility index (Phi) is 7.23. The monoisotopic (exact) mass is 412 g/mol. The van der Waals surface area contributed by atoms with Crippen LogP contribution in [0.15, 0.2) is 42.6 Å². The lowest BCUT2D eigenvalue weighted by atomic mass is 9.81. The second-order valence-electron chi connectivity index (χ2n) is 8.70. The van der Waals surface area contributed by atoms with Crippen molar-refractivity contribution in [1.29, 1.82) is 0 Å². The van der Waals surface area contributed by atoms with Crippen molar-refractivity contribution in [3.8, 4) is 0 Å². The fourth-order valence-electron chi connectivity index (χ4n) is 4.14. The first-order valence-corrected chi connectivity index (χ1v) is 10.6. The van der Waals surface area contributed by atoms with E-state index in [-0.39, 0.29) is 18.4 Å². The summed E-state index contributed by atoms with van der Waals surface area (Å²) in [5.74, 6) is -1.11. The summed E-state index contributed by atoms with van der Waals surface area (Å²) in [6.07, 6.45) is 4.46. The molecule has 162 valence electrons. The smallest absolute Gasteiger partial charge is 0.337 e. The van der Waals surface area contributed by atoms with Crippen LogP contribution in [-0.2, 0) is 35.4 Å². The molecule has 1 aliphatic carbocycles. The molecule has 1 aliphatic rings. The van der Waals surface area contributed by atoms with Gasteiger partial charge in [0, 0.05) is 24.4 Å². The molecule has 0 fully saturated rings. The number of benzene rings is 1. The van der Waals surface area contributed by atoms with Crippen molar-refractivity contribution in [2.75, 3.05) is 0 Å². The molecule has 0 bridgehead atoms. The van der Waals surface area contributed by atoms with Crippen LogP contribution in [0.1, 0.15) is 49.1 Å². The molecule has 6 nitrogen and oxygen atoms in total. The summed E-state index contributed by atoms with van der Waals surface area (Å²) < 4.78 is 6.10. The van der Waals surface area contributed by atoms with Gasteiger partial charge in [-0.1, -0.05) is 44.2 Å². The highest BCUT2D eigenvalue weighted by atomic mass is 16.5. The second-order valence-corrected chi connectivity index (χ2v) is 8.70. The Morgan fingerprint density at radius 3 is 2.70 bits per heavy atom. The quantitative estimate of drug-likeness (QED) is 0.585. The molecule has 0 amide bonds. The minimum absolute atomic E-state index is 0.0884. The summed E-state index contributed by atoms with van der Waals surface area (Å²) in [5, 5.41) is 20.7. The van der Waals surface area contributed by atoms with Gasteiger partial charge in [0.1, 0.15) is 0 Å². The maximum Gasteiger partial charge on any atom is 0.337 e. The van der Waals surface area contributed by atoms with E-state index in [1.807, 2.05) is 50.2 Å². The highest BCUT2D eigenvalue weighted by Crippen LogP contribution is 2.29. The number of carboxylic acid groups (broad SMARTS) is 1. The minimum atomic E-state index is -2.03. The Balaban J connectivity index is 1.72. The molecule has 0 radical (unpaired) electrons. The standard InChI is InChI=1S/C24H32N2O4/c1-16(2)12-22(25)24(29,23(27)28)14-21-20-9-8-19(13-18(20)10-11-26-21)30-15-17-6-4-3-5-7-17/h3-7,10-11,16,19,22,29H,8-9,12-15,25H2,1-2H3,(H,27,28)/t19?,22-,24+/m0/s1. The van der Waals surface area contributed by atoms with Gasteiger partial charge in [-0.05, 0) is 54.4 Å². The molecular weight excluding hydrogens is 380 g/mol. The lowest BCUT2D eigenvalue weighted by Crippen LogP contribution is -2.56. The number of fused-ring (bicyclic) bond motifs is 1. The molecule has 0 spiro atoms. The van der Waals surface area contributed by atoms with Crippen LogP contribution in [0.25, 0.3) is 0 Å². The number of aliphatic hydroxyl groups is 1. The molecule has 1 aromatic heterocycles. The Labute approximate surface area is 178 Å². The highest BCUT2D eigenvalue weighted by Gasteiger charge is 2.43. The van der Waals surface area contributed by atoms with Crippen LogP contribution in [0.3, 0.4) is 0 Å². The van der Waals surface area contributed by atoms with Crippen molar-refractivity contribution >= 4 is 5.97 Å². The van der Waals surface area contributed by atoms with Gasteiger partial charge in [-0.15, -0.1) is 0 Å². The van der Waals surface area contributed by atoms with Gasteiger partial charge in [-0.2, -0.15) is 0 Å². The lowest BCUT2D eigenvalue weighted by Gasteiger charge is -2.32. The Bertz CT molecular complexity index is 856. The van der Waals surface area contributed by atoms with Gasteiger partial charge in [0.25, 0.3) is 0 Å². The van der Waals surface area contributed by atoms with Crippen LogP contribution in [-0.4, -0.2) is 38.9 Å².